The van der Waals surface area contributed by atoms with Gasteiger partial charge in [0.1, 0.15) is 6.73 Å². The second-order valence-electron chi connectivity index (χ2n) is 6.00. The number of H-pyrrole nitrogens is 1. The summed E-state index contributed by atoms with van der Waals surface area (Å²) < 4.78 is 46.1. The Kier molecular flexibility index (Phi) is 4.40. The van der Waals surface area contributed by atoms with Crippen molar-refractivity contribution >= 4 is 16.9 Å². The molecule has 0 radical (unpaired) electrons. The summed E-state index contributed by atoms with van der Waals surface area (Å²) in [5.41, 5.74) is 0.162. The number of hydrogen-bond acceptors (Lipinski definition) is 5. The van der Waals surface area contributed by atoms with Gasteiger partial charge in [-0.2, -0.15) is 18.2 Å². The molecule has 0 aliphatic heterocycles. The number of nitrogens with zero attached hydrogens (tertiary/aromatic N) is 4. The van der Waals surface area contributed by atoms with Crippen molar-refractivity contribution in [3.05, 3.63) is 52.7 Å². The fourth-order valence-electron chi connectivity index (χ4n) is 2.81. The van der Waals surface area contributed by atoms with Crippen LogP contribution in [-0.2, 0) is 17.6 Å². The van der Waals surface area contributed by atoms with Crippen molar-refractivity contribution in [3.8, 4) is 11.3 Å². The van der Waals surface area contributed by atoms with Crippen LogP contribution in [0.3, 0.4) is 0 Å². The first-order valence-corrected chi connectivity index (χ1v) is 8.21. The van der Waals surface area contributed by atoms with Gasteiger partial charge in [-0.25, -0.2) is 9.38 Å². The summed E-state index contributed by atoms with van der Waals surface area (Å²) in [4.78, 5) is 24.0. The minimum absolute atomic E-state index is 0.0617. The lowest BCUT2D eigenvalue weighted by Crippen LogP contribution is -2.14. The van der Waals surface area contributed by atoms with E-state index in [1.807, 2.05) is 0 Å². The van der Waals surface area contributed by atoms with Crippen LogP contribution in [0.2, 0.25) is 0 Å². The third-order valence-electron chi connectivity index (χ3n) is 4.17. The predicted octanol–water partition coefficient (Wildman–Crippen LogP) is 2.02. The molecule has 0 bridgehead atoms. The molecule has 146 valence electrons. The molecule has 0 atom stereocenters. The molecular formula is C17H14F3N5O3. The Bertz CT molecular complexity index is 1190. The van der Waals surface area contributed by atoms with E-state index in [1.165, 1.54) is 33.6 Å². The number of benzene rings is 1. The van der Waals surface area contributed by atoms with E-state index < -0.39 is 17.3 Å². The number of halogens is 3. The molecule has 0 aliphatic rings. The van der Waals surface area contributed by atoms with E-state index in [0.29, 0.717) is 16.9 Å². The number of aromatic amines is 1. The number of rotatable bonds is 5. The zero-order chi connectivity index (χ0) is 19.9. The molecule has 1 aromatic carbocycles. The number of aromatic nitrogens is 5. The highest BCUT2D eigenvalue weighted by molar-refractivity contribution is 5.73. The zero-order valence-electron chi connectivity index (χ0n) is 14.3. The smallest absolute Gasteiger partial charge is 0.394 e. The Morgan fingerprint density at radius 2 is 1.96 bits per heavy atom. The maximum Gasteiger partial charge on any atom is 0.416 e. The van der Waals surface area contributed by atoms with E-state index in [1.54, 1.807) is 0 Å². The molecule has 0 fully saturated rings. The highest BCUT2D eigenvalue weighted by Crippen LogP contribution is 2.30. The molecule has 0 spiro atoms. The maximum absolute atomic E-state index is 12.7. The Morgan fingerprint density at radius 1 is 1.21 bits per heavy atom. The van der Waals surface area contributed by atoms with Crippen LogP contribution in [0.4, 0.5) is 13.2 Å². The highest BCUT2D eigenvalue weighted by atomic mass is 19.4. The summed E-state index contributed by atoms with van der Waals surface area (Å²) in [6.45, 7) is 0.0493. The molecular weight excluding hydrogens is 379 g/mol. The number of fused-ring (bicyclic) bond motifs is 2. The van der Waals surface area contributed by atoms with E-state index in [9.17, 15) is 18.0 Å². The minimum atomic E-state index is -4.42. The molecule has 11 heteroatoms. The first kappa shape index (κ1) is 18.2. The molecule has 0 aliphatic carbocycles. The number of hydrogen-bond donors (Lipinski definition) is 2. The van der Waals surface area contributed by atoms with Crippen LogP contribution in [0.1, 0.15) is 5.56 Å². The summed E-state index contributed by atoms with van der Waals surface area (Å²) in [7, 11) is 0. The van der Waals surface area contributed by atoms with Crippen molar-refractivity contribution in [3.63, 3.8) is 0 Å². The fraction of sp³-hybridized carbons (Fsp3) is 0.235. The van der Waals surface area contributed by atoms with Gasteiger partial charge in [-0.05, 0) is 17.7 Å². The van der Waals surface area contributed by atoms with Gasteiger partial charge in [-0.3, -0.25) is 9.36 Å². The highest BCUT2D eigenvalue weighted by Gasteiger charge is 2.30. The topological polar surface area (TPSA) is 97.4 Å². The van der Waals surface area contributed by atoms with Crippen molar-refractivity contribution in [2.24, 2.45) is 0 Å². The molecule has 28 heavy (non-hydrogen) atoms. The van der Waals surface area contributed by atoms with Crippen LogP contribution in [0, 0.1) is 0 Å². The molecule has 0 amide bonds. The first-order chi connectivity index (χ1) is 13.4. The lowest BCUT2D eigenvalue weighted by atomic mass is 10.1. The fourth-order valence-corrected chi connectivity index (χ4v) is 2.81. The third-order valence-corrected chi connectivity index (χ3v) is 4.17. The van der Waals surface area contributed by atoms with Crippen molar-refractivity contribution in [1.82, 2.24) is 23.9 Å². The number of ether oxygens (including phenoxy) is 1. The van der Waals surface area contributed by atoms with Crippen molar-refractivity contribution < 1.29 is 23.0 Å². The second-order valence-corrected chi connectivity index (χ2v) is 6.00. The Hall–Kier alpha value is -3.18. The van der Waals surface area contributed by atoms with Gasteiger partial charge in [0, 0.05) is 6.20 Å². The molecule has 3 heterocycles. The number of imidazole rings is 2. The third kappa shape index (κ3) is 3.14. The quantitative estimate of drug-likeness (QED) is 0.506. The molecule has 4 aromatic rings. The number of alkyl halides is 3. The first-order valence-electron chi connectivity index (χ1n) is 8.21. The maximum atomic E-state index is 12.7. The van der Waals surface area contributed by atoms with Gasteiger partial charge < -0.3 is 14.8 Å². The monoisotopic (exact) mass is 393 g/mol. The van der Waals surface area contributed by atoms with Gasteiger partial charge >= 0.3 is 6.18 Å². The summed E-state index contributed by atoms with van der Waals surface area (Å²) in [6, 6.07) is 4.59. The summed E-state index contributed by atoms with van der Waals surface area (Å²) >= 11 is 0. The molecule has 0 unspecified atom stereocenters. The summed E-state index contributed by atoms with van der Waals surface area (Å²) in [6.07, 6.45) is -1.54. The van der Waals surface area contributed by atoms with E-state index in [4.69, 9.17) is 9.84 Å². The van der Waals surface area contributed by atoms with E-state index >= 15 is 0 Å². The van der Waals surface area contributed by atoms with Gasteiger partial charge in [-0.15, -0.1) is 0 Å². The van der Waals surface area contributed by atoms with Crippen LogP contribution < -0.4 is 5.56 Å². The average Bonchev–Trinajstić information content (AvgIpc) is 3.27. The molecule has 8 nitrogen and oxygen atoms in total. The Labute approximate surface area is 154 Å². The van der Waals surface area contributed by atoms with Gasteiger partial charge in [-0.1, -0.05) is 12.1 Å². The zero-order valence-corrected chi connectivity index (χ0v) is 14.3. The number of nitrogens with one attached hydrogen (secondary N) is 1. The van der Waals surface area contributed by atoms with Crippen LogP contribution in [0.5, 0.6) is 0 Å². The normalized spacial score (nSPS) is 12.3. The Balaban J connectivity index is 1.75. The molecule has 0 saturated carbocycles. The van der Waals surface area contributed by atoms with Crippen LogP contribution in [0.15, 0.2) is 41.6 Å². The lowest BCUT2D eigenvalue weighted by Gasteiger charge is -2.06. The molecule has 4 rings (SSSR count). The lowest BCUT2D eigenvalue weighted by molar-refractivity contribution is -0.137. The van der Waals surface area contributed by atoms with Gasteiger partial charge in [0.15, 0.2) is 11.2 Å². The second kappa shape index (κ2) is 6.77. The SMILES string of the molecule is O=c1c2ncn(COCCO)c2nc2[nH]c(-c3ccc(C(F)(F)F)cc3)cn12. The van der Waals surface area contributed by atoms with Gasteiger partial charge in [0.2, 0.25) is 5.78 Å². The van der Waals surface area contributed by atoms with Crippen LogP contribution >= 0.6 is 0 Å². The summed E-state index contributed by atoms with van der Waals surface area (Å²) in [5.74, 6) is 0.219. The molecule has 0 saturated heterocycles. The van der Waals surface area contributed by atoms with Crippen LogP contribution in [0.25, 0.3) is 28.2 Å². The largest absolute Gasteiger partial charge is 0.416 e. The van der Waals surface area contributed by atoms with Crippen molar-refractivity contribution in [1.29, 1.82) is 0 Å². The van der Waals surface area contributed by atoms with Crippen molar-refractivity contribution in [2.75, 3.05) is 13.2 Å². The molecule has 3 aromatic heterocycles. The van der Waals surface area contributed by atoms with Crippen LogP contribution in [-0.4, -0.2) is 42.2 Å². The van der Waals surface area contributed by atoms with Gasteiger partial charge in [0.25, 0.3) is 5.56 Å². The van der Waals surface area contributed by atoms with Crippen molar-refractivity contribution in [2.45, 2.75) is 12.9 Å². The minimum Gasteiger partial charge on any atom is -0.394 e. The van der Waals surface area contributed by atoms with Gasteiger partial charge in [0.05, 0.1) is 30.8 Å². The summed E-state index contributed by atoms with van der Waals surface area (Å²) in [5, 5.41) is 8.78. The predicted molar refractivity (Wildman–Crippen MR) is 92.6 cm³/mol. The number of aliphatic hydroxyl groups is 1. The van der Waals surface area contributed by atoms with E-state index in [0.717, 1.165) is 12.1 Å². The Morgan fingerprint density at radius 3 is 2.64 bits per heavy atom. The average molecular weight is 393 g/mol. The molecule has 2 N–H and O–H groups in total. The van der Waals surface area contributed by atoms with E-state index in [-0.39, 0.29) is 31.2 Å². The van der Waals surface area contributed by atoms with E-state index in [2.05, 4.69) is 15.0 Å². The number of aliphatic hydroxyl groups excluding tert-OH is 1. The standard InChI is InChI=1S/C17H14F3N5O3/c18-17(19,20)11-3-1-10(2-4-11)12-7-25-15(27)13-14(23-16(25)22-12)24(8-21-13)9-28-6-5-26/h1-4,7-8,26H,5-6,9H2,(H,22,23).